The van der Waals surface area contributed by atoms with Gasteiger partial charge in [-0.1, -0.05) is 25.3 Å². The number of nitrogens with zero attached hydrogens (tertiary/aromatic N) is 3. The molecule has 3 rings (SSSR count). The molecule has 102 valence electrons. The molecule has 0 spiro atoms. The Morgan fingerprint density at radius 2 is 2.15 bits per heavy atom. The van der Waals surface area contributed by atoms with Crippen molar-refractivity contribution < 1.29 is 4.79 Å². The Morgan fingerprint density at radius 3 is 2.85 bits per heavy atom. The SMILES string of the molecule is N#CC1(NC(=O)c2cn3ccccc3n2)CCCCC1. The molecule has 0 saturated heterocycles. The average Bonchev–Trinajstić information content (AvgIpc) is 2.92. The smallest absolute Gasteiger partial charge is 0.272 e. The molecule has 0 aliphatic heterocycles. The van der Waals surface area contributed by atoms with Crippen molar-refractivity contribution in [2.45, 2.75) is 37.6 Å². The van der Waals surface area contributed by atoms with Gasteiger partial charge < -0.3 is 9.72 Å². The van der Waals surface area contributed by atoms with Crippen molar-refractivity contribution in [1.82, 2.24) is 14.7 Å². The van der Waals surface area contributed by atoms with Gasteiger partial charge in [0, 0.05) is 12.4 Å². The van der Waals surface area contributed by atoms with Crippen molar-refractivity contribution in [3.05, 3.63) is 36.3 Å². The molecule has 0 aromatic carbocycles. The maximum atomic E-state index is 12.3. The van der Waals surface area contributed by atoms with Crippen LogP contribution in [0, 0.1) is 11.3 Å². The molecule has 5 heteroatoms. The first-order chi connectivity index (χ1) is 9.72. The van der Waals surface area contributed by atoms with Crippen LogP contribution in [-0.2, 0) is 0 Å². The summed E-state index contributed by atoms with van der Waals surface area (Å²) in [5.41, 5.74) is 0.370. The van der Waals surface area contributed by atoms with Gasteiger partial charge in [0.15, 0.2) is 0 Å². The molecule has 2 aromatic heterocycles. The minimum absolute atomic E-state index is 0.267. The van der Waals surface area contributed by atoms with Crippen molar-refractivity contribution in [2.24, 2.45) is 0 Å². The van der Waals surface area contributed by atoms with E-state index in [1.807, 2.05) is 24.4 Å². The molecule has 5 nitrogen and oxygen atoms in total. The third kappa shape index (κ3) is 2.25. The van der Waals surface area contributed by atoms with Crippen molar-refractivity contribution >= 4 is 11.6 Å². The molecule has 1 aliphatic carbocycles. The van der Waals surface area contributed by atoms with Crippen molar-refractivity contribution in [2.75, 3.05) is 0 Å². The largest absolute Gasteiger partial charge is 0.332 e. The Labute approximate surface area is 117 Å². The van der Waals surface area contributed by atoms with Crippen LogP contribution in [0.5, 0.6) is 0 Å². The Balaban J connectivity index is 1.83. The Hall–Kier alpha value is -2.35. The van der Waals surface area contributed by atoms with Crippen molar-refractivity contribution in [3.8, 4) is 6.07 Å². The molecule has 1 N–H and O–H groups in total. The van der Waals surface area contributed by atoms with E-state index in [0.29, 0.717) is 5.69 Å². The summed E-state index contributed by atoms with van der Waals surface area (Å²) in [5.74, 6) is -0.267. The summed E-state index contributed by atoms with van der Waals surface area (Å²) >= 11 is 0. The van der Waals surface area contributed by atoms with E-state index >= 15 is 0 Å². The third-order valence-corrected chi connectivity index (χ3v) is 3.87. The Kier molecular flexibility index (Phi) is 3.15. The normalized spacial score (nSPS) is 17.6. The summed E-state index contributed by atoms with van der Waals surface area (Å²) in [5, 5.41) is 12.3. The van der Waals surface area contributed by atoms with E-state index in [1.165, 1.54) is 0 Å². The van der Waals surface area contributed by atoms with Gasteiger partial charge in [-0.2, -0.15) is 5.26 Å². The highest BCUT2D eigenvalue weighted by Crippen LogP contribution is 2.27. The van der Waals surface area contributed by atoms with Gasteiger partial charge in [0.25, 0.3) is 5.91 Å². The zero-order chi connectivity index (χ0) is 14.0. The number of aromatic nitrogens is 2. The molecule has 0 unspecified atom stereocenters. The summed E-state index contributed by atoms with van der Waals surface area (Å²) in [4.78, 5) is 16.6. The van der Waals surface area contributed by atoms with Gasteiger partial charge in [-0.3, -0.25) is 4.79 Å². The van der Waals surface area contributed by atoms with E-state index < -0.39 is 5.54 Å². The molecular formula is C15H16N4O. The number of nitriles is 1. The molecule has 1 fully saturated rings. The molecular weight excluding hydrogens is 252 g/mol. The van der Waals surface area contributed by atoms with Crippen LogP contribution in [0.15, 0.2) is 30.6 Å². The lowest BCUT2D eigenvalue weighted by molar-refractivity contribution is 0.0898. The molecule has 0 atom stereocenters. The third-order valence-electron chi connectivity index (χ3n) is 3.87. The second-order valence-corrected chi connectivity index (χ2v) is 5.30. The van der Waals surface area contributed by atoms with E-state index in [4.69, 9.17) is 0 Å². The van der Waals surface area contributed by atoms with Gasteiger partial charge in [0.05, 0.1) is 6.07 Å². The summed E-state index contributed by atoms with van der Waals surface area (Å²) in [6, 6.07) is 7.89. The van der Waals surface area contributed by atoms with Gasteiger partial charge in [-0.25, -0.2) is 4.98 Å². The van der Waals surface area contributed by atoms with Crippen LogP contribution < -0.4 is 5.32 Å². The number of hydrogen-bond donors (Lipinski definition) is 1. The number of fused-ring (bicyclic) bond motifs is 1. The first kappa shape index (κ1) is 12.7. The van der Waals surface area contributed by atoms with Crippen molar-refractivity contribution in [1.29, 1.82) is 5.26 Å². The summed E-state index contributed by atoms with van der Waals surface area (Å²) < 4.78 is 1.80. The predicted molar refractivity (Wildman–Crippen MR) is 74.1 cm³/mol. The maximum absolute atomic E-state index is 12.3. The van der Waals surface area contributed by atoms with Crippen LogP contribution in [0.25, 0.3) is 5.65 Å². The first-order valence-electron chi connectivity index (χ1n) is 6.90. The van der Waals surface area contributed by atoms with Crippen molar-refractivity contribution in [3.63, 3.8) is 0 Å². The summed E-state index contributed by atoms with van der Waals surface area (Å²) in [7, 11) is 0. The fourth-order valence-electron chi connectivity index (χ4n) is 2.75. The highest BCUT2D eigenvalue weighted by atomic mass is 16.2. The van der Waals surface area contributed by atoms with Crippen LogP contribution in [0.4, 0.5) is 0 Å². The van der Waals surface area contributed by atoms with Crippen LogP contribution in [0.1, 0.15) is 42.6 Å². The zero-order valence-corrected chi connectivity index (χ0v) is 11.2. The lowest BCUT2D eigenvalue weighted by Gasteiger charge is -2.31. The van der Waals surface area contributed by atoms with Gasteiger partial charge in [-0.15, -0.1) is 0 Å². The monoisotopic (exact) mass is 268 g/mol. The molecule has 1 saturated carbocycles. The number of rotatable bonds is 2. The number of hydrogen-bond acceptors (Lipinski definition) is 3. The van der Waals surface area contributed by atoms with E-state index in [2.05, 4.69) is 16.4 Å². The second kappa shape index (κ2) is 4.97. The van der Waals surface area contributed by atoms with E-state index in [1.54, 1.807) is 10.6 Å². The highest BCUT2D eigenvalue weighted by Gasteiger charge is 2.34. The van der Waals surface area contributed by atoms with Crippen LogP contribution in [0.3, 0.4) is 0 Å². The number of nitrogens with one attached hydrogen (secondary N) is 1. The maximum Gasteiger partial charge on any atom is 0.272 e. The first-order valence-corrected chi connectivity index (χ1v) is 6.90. The molecule has 2 heterocycles. The zero-order valence-electron chi connectivity index (χ0n) is 11.2. The standard InChI is InChI=1S/C15H16N4O/c16-11-15(7-3-1-4-8-15)18-14(20)12-10-19-9-5-2-6-13(19)17-12/h2,5-6,9-10H,1,3-4,7-8H2,(H,18,20). The summed E-state index contributed by atoms with van der Waals surface area (Å²) in [6.07, 6.45) is 8.09. The number of imidazole rings is 1. The van der Waals surface area contributed by atoms with Gasteiger partial charge >= 0.3 is 0 Å². The van der Waals surface area contributed by atoms with Gasteiger partial charge in [0.1, 0.15) is 16.9 Å². The molecule has 20 heavy (non-hydrogen) atoms. The fraction of sp³-hybridized carbons (Fsp3) is 0.400. The van der Waals surface area contributed by atoms with Crippen LogP contribution in [-0.4, -0.2) is 20.8 Å². The van der Waals surface area contributed by atoms with Gasteiger partial charge in [-0.05, 0) is 25.0 Å². The molecule has 2 aromatic rings. The number of amides is 1. The summed E-state index contributed by atoms with van der Waals surface area (Å²) in [6.45, 7) is 0. The second-order valence-electron chi connectivity index (χ2n) is 5.30. The average molecular weight is 268 g/mol. The van der Waals surface area contributed by atoms with Crippen LogP contribution >= 0.6 is 0 Å². The lowest BCUT2D eigenvalue weighted by atomic mass is 9.83. The van der Waals surface area contributed by atoms with E-state index in [0.717, 1.165) is 37.8 Å². The minimum atomic E-state index is -0.717. The topological polar surface area (TPSA) is 70.2 Å². The Morgan fingerprint density at radius 1 is 1.35 bits per heavy atom. The fourth-order valence-corrected chi connectivity index (χ4v) is 2.75. The Bertz CT molecular complexity index is 643. The number of carbonyl (C=O) groups is 1. The minimum Gasteiger partial charge on any atom is -0.332 e. The number of pyridine rings is 1. The van der Waals surface area contributed by atoms with E-state index in [9.17, 15) is 10.1 Å². The lowest BCUT2D eigenvalue weighted by Crippen LogP contribution is -2.48. The number of carbonyl (C=O) groups excluding carboxylic acids is 1. The van der Waals surface area contributed by atoms with E-state index in [-0.39, 0.29) is 5.91 Å². The molecule has 0 bridgehead atoms. The molecule has 1 aliphatic rings. The van der Waals surface area contributed by atoms with Crippen LogP contribution in [0.2, 0.25) is 0 Å². The highest BCUT2D eigenvalue weighted by molar-refractivity contribution is 5.93. The molecule has 1 amide bonds. The molecule has 0 radical (unpaired) electrons. The van der Waals surface area contributed by atoms with Gasteiger partial charge in [0.2, 0.25) is 0 Å². The predicted octanol–water partition coefficient (Wildman–Crippen LogP) is 2.29. The quantitative estimate of drug-likeness (QED) is 0.908.